The van der Waals surface area contributed by atoms with Gasteiger partial charge in [-0.2, -0.15) is 0 Å². The maximum Gasteiger partial charge on any atom is 0.236 e. The average molecular weight is 290 g/mol. The Morgan fingerprint density at radius 2 is 1.79 bits per heavy atom. The number of nitrogens with two attached hydrogens (primary N) is 1. The topological polar surface area (TPSA) is 49.6 Å². The minimum atomic E-state index is 0. The number of hydrogen-bond donors (Lipinski definition) is 1. The Bertz CT molecular complexity index is 292. The normalized spacial score (nSPS) is 29.9. The first-order chi connectivity index (χ1) is 8.56. The van der Waals surface area contributed by atoms with E-state index in [0.29, 0.717) is 24.4 Å². The highest BCUT2D eigenvalue weighted by molar-refractivity contribution is 5.85. The molecule has 1 amide bonds. The number of likely N-dealkylation sites (tertiary alicyclic amines) is 2. The molecule has 2 aliphatic heterocycles. The Morgan fingerprint density at radius 3 is 2.37 bits per heavy atom. The molecule has 2 rings (SSSR count). The molecule has 0 spiro atoms. The van der Waals surface area contributed by atoms with Gasteiger partial charge in [0.25, 0.3) is 0 Å². The lowest BCUT2D eigenvalue weighted by molar-refractivity contribution is -0.134. The Balaban J connectivity index is 0.00000180. The van der Waals surface area contributed by atoms with Gasteiger partial charge in [-0.05, 0) is 31.1 Å². The number of nitrogens with zero attached hydrogens (tertiary/aromatic N) is 2. The summed E-state index contributed by atoms with van der Waals surface area (Å²) in [4.78, 5) is 16.5. The average Bonchev–Trinajstić information content (AvgIpc) is 2.34. The first kappa shape index (κ1) is 16.7. The molecule has 2 heterocycles. The predicted molar refractivity (Wildman–Crippen MR) is 80.4 cm³/mol. The van der Waals surface area contributed by atoms with Crippen LogP contribution >= 0.6 is 12.4 Å². The second-order valence-electron chi connectivity index (χ2n) is 6.23. The van der Waals surface area contributed by atoms with Crippen LogP contribution in [0.4, 0.5) is 0 Å². The second-order valence-corrected chi connectivity index (χ2v) is 6.23. The molecule has 5 heteroatoms. The number of rotatable bonds is 2. The number of amides is 1. The SMILES string of the molecule is CC1CCN(C(=O)CN2CCC(N)C(C)C2)CC1.Cl. The van der Waals surface area contributed by atoms with Crippen LogP contribution in [0.1, 0.15) is 33.1 Å². The molecule has 0 aromatic carbocycles. The quantitative estimate of drug-likeness (QED) is 0.834. The van der Waals surface area contributed by atoms with Crippen LogP contribution in [0.2, 0.25) is 0 Å². The van der Waals surface area contributed by atoms with Gasteiger partial charge in [0.1, 0.15) is 0 Å². The van der Waals surface area contributed by atoms with Crippen molar-refractivity contribution in [1.82, 2.24) is 9.80 Å². The maximum atomic E-state index is 12.2. The van der Waals surface area contributed by atoms with Gasteiger partial charge in [0, 0.05) is 32.2 Å². The van der Waals surface area contributed by atoms with Gasteiger partial charge in [-0.1, -0.05) is 13.8 Å². The van der Waals surface area contributed by atoms with Gasteiger partial charge in [-0.3, -0.25) is 9.69 Å². The van der Waals surface area contributed by atoms with E-state index in [1.54, 1.807) is 0 Å². The third-order valence-electron chi connectivity index (χ3n) is 4.55. The Hall–Kier alpha value is -0.320. The summed E-state index contributed by atoms with van der Waals surface area (Å²) in [5.74, 6) is 1.60. The van der Waals surface area contributed by atoms with Crippen molar-refractivity contribution in [3.05, 3.63) is 0 Å². The van der Waals surface area contributed by atoms with Gasteiger partial charge in [-0.25, -0.2) is 0 Å². The van der Waals surface area contributed by atoms with Crippen molar-refractivity contribution < 1.29 is 4.79 Å². The molecule has 0 radical (unpaired) electrons. The third kappa shape index (κ3) is 4.62. The zero-order chi connectivity index (χ0) is 13.1. The summed E-state index contributed by atoms with van der Waals surface area (Å²) in [6.45, 7) is 8.88. The van der Waals surface area contributed by atoms with Gasteiger partial charge in [0.05, 0.1) is 6.54 Å². The van der Waals surface area contributed by atoms with Gasteiger partial charge in [0.2, 0.25) is 5.91 Å². The molecular weight excluding hydrogens is 262 g/mol. The van der Waals surface area contributed by atoms with E-state index in [-0.39, 0.29) is 12.4 Å². The van der Waals surface area contributed by atoms with Crippen LogP contribution in [0.5, 0.6) is 0 Å². The van der Waals surface area contributed by atoms with E-state index in [0.717, 1.165) is 51.4 Å². The highest BCUT2D eigenvalue weighted by atomic mass is 35.5. The van der Waals surface area contributed by atoms with Crippen LogP contribution in [0.25, 0.3) is 0 Å². The summed E-state index contributed by atoms with van der Waals surface area (Å²) < 4.78 is 0. The smallest absolute Gasteiger partial charge is 0.236 e. The molecule has 19 heavy (non-hydrogen) atoms. The standard InChI is InChI=1S/C14H27N3O.ClH/c1-11-3-7-17(8-4-11)14(18)10-16-6-5-13(15)12(2)9-16;/h11-13H,3-10,15H2,1-2H3;1H. The number of hydrogen-bond acceptors (Lipinski definition) is 3. The molecule has 0 aromatic heterocycles. The van der Waals surface area contributed by atoms with E-state index in [4.69, 9.17) is 5.73 Å². The number of halogens is 1. The van der Waals surface area contributed by atoms with Crippen LogP contribution in [0.3, 0.4) is 0 Å². The molecule has 0 saturated carbocycles. The van der Waals surface area contributed by atoms with Crippen molar-refractivity contribution >= 4 is 18.3 Å². The van der Waals surface area contributed by atoms with Crippen LogP contribution in [0, 0.1) is 11.8 Å². The lowest BCUT2D eigenvalue weighted by Crippen LogP contribution is -2.50. The summed E-state index contributed by atoms with van der Waals surface area (Å²) in [6, 6.07) is 0.312. The molecule has 112 valence electrons. The van der Waals surface area contributed by atoms with Gasteiger partial charge < -0.3 is 10.6 Å². The fourth-order valence-electron chi connectivity index (χ4n) is 2.94. The van der Waals surface area contributed by atoms with E-state index in [1.165, 1.54) is 0 Å². The van der Waals surface area contributed by atoms with Gasteiger partial charge >= 0.3 is 0 Å². The zero-order valence-electron chi connectivity index (χ0n) is 12.2. The van der Waals surface area contributed by atoms with Crippen LogP contribution in [-0.4, -0.2) is 54.5 Å². The third-order valence-corrected chi connectivity index (χ3v) is 4.55. The molecule has 0 aromatic rings. The van der Waals surface area contributed by atoms with E-state index in [9.17, 15) is 4.79 Å². The number of carbonyl (C=O) groups is 1. The van der Waals surface area contributed by atoms with E-state index in [1.807, 2.05) is 4.90 Å². The Morgan fingerprint density at radius 1 is 1.16 bits per heavy atom. The van der Waals surface area contributed by atoms with Crippen molar-refractivity contribution in [2.45, 2.75) is 39.2 Å². The molecule has 2 N–H and O–H groups in total. The van der Waals surface area contributed by atoms with E-state index in [2.05, 4.69) is 18.7 Å². The molecule has 2 unspecified atom stereocenters. The largest absolute Gasteiger partial charge is 0.342 e. The minimum Gasteiger partial charge on any atom is -0.342 e. The first-order valence-electron chi connectivity index (χ1n) is 7.32. The molecule has 0 bridgehead atoms. The second kappa shape index (κ2) is 7.46. The highest BCUT2D eigenvalue weighted by Crippen LogP contribution is 2.18. The van der Waals surface area contributed by atoms with Crippen LogP contribution < -0.4 is 5.73 Å². The zero-order valence-corrected chi connectivity index (χ0v) is 13.0. The maximum absolute atomic E-state index is 12.2. The summed E-state index contributed by atoms with van der Waals surface area (Å²) in [6.07, 6.45) is 3.34. The summed E-state index contributed by atoms with van der Waals surface area (Å²) in [5.41, 5.74) is 6.01. The molecule has 2 fully saturated rings. The van der Waals surface area contributed by atoms with Crippen molar-refractivity contribution in [3.63, 3.8) is 0 Å². The Kier molecular flexibility index (Phi) is 6.57. The summed E-state index contributed by atoms with van der Waals surface area (Å²) in [7, 11) is 0. The van der Waals surface area contributed by atoms with Gasteiger partial charge in [-0.15, -0.1) is 12.4 Å². The lowest BCUT2D eigenvalue weighted by Gasteiger charge is -2.37. The number of piperidine rings is 2. The molecule has 4 nitrogen and oxygen atoms in total. The molecule has 2 aliphatic rings. The van der Waals surface area contributed by atoms with Gasteiger partial charge in [0.15, 0.2) is 0 Å². The van der Waals surface area contributed by atoms with Crippen molar-refractivity contribution in [3.8, 4) is 0 Å². The summed E-state index contributed by atoms with van der Waals surface area (Å²) in [5, 5.41) is 0. The van der Waals surface area contributed by atoms with Crippen LogP contribution in [-0.2, 0) is 4.79 Å². The Labute approximate surface area is 123 Å². The molecule has 0 aliphatic carbocycles. The van der Waals surface area contributed by atoms with Crippen molar-refractivity contribution in [2.24, 2.45) is 17.6 Å². The van der Waals surface area contributed by atoms with E-state index >= 15 is 0 Å². The van der Waals surface area contributed by atoms with Crippen molar-refractivity contribution in [1.29, 1.82) is 0 Å². The highest BCUT2D eigenvalue weighted by Gasteiger charge is 2.27. The monoisotopic (exact) mass is 289 g/mol. The molecular formula is C14H28ClN3O. The fourth-order valence-corrected chi connectivity index (χ4v) is 2.94. The lowest BCUT2D eigenvalue weighted by atomic mass is 9.95. The van der Waals surface area contributed by atoms with Crippen LogP contribution in [0.15, 0.2) is 0 Å². The van der Waals surface area contributed by atoms with Crippen molar-refractivity contribution in [2.75, 3.05) is 32.7 Å². The fraction of sp³-hybridized carbons (Fsp3) is 0.929. The first-order valence-corrected chi connectivity index (χ1v) is 7.32. The molecule has 2 saturated heterocycles. The minimum absolute atomic E-state index is 0. The number of carbonyl (C=O) groups excluding carboxylic acids is 1. The summed E-state index contributed by atoms with van der Waals surface area (Å²) >= 11 is 0. The molecule has 2 atom stereocenters. The van der Waals surface area contributed by atoms with E-state index < -0.39 is 0 Å². The predicted octanol–water partition coefficient (Wildman–Crippen LogP) is 1.34.